The molecule has 0 atom stereocenters. The summed E-state index contributed by atoms with van der Waals surface area (Å²) >= 11 is 0. The van der Waals surface area contributed by atoms with Gasteiger partial charge in [-0.25, -0.2) is 13.4 Å². The Morgan fingerprint density at radius 1 is 1.13 bits per heavy atom. The number of aromatic amines is 1. The van der Waals surface area contributed by atoms with Gasteiger partial charge in [-0.1, -0.05) is 13.3 Å². The third-order valence-electron chi connectivity index (χ3n) is 8.66. The number of sulfonamides is 1. The summed E-state index contributed by atoms with van der Waals surface area (Å²) in [6.45, 7) is 14.6. The number of aryl methyl sites for hydroxylation is 2. The maximum atomic E-state index is 13.8. The maximum absolute atomic E-state index is 13.8. The average molecular weight is 695 g/mol. The topological polar surface area (TPSA) is 140 Å². The fraction of sp³-hybridized carbons (Fsp3) is 0.636. The molecule has 262 valence electrons. The summed E-state index contributed by atoms with van der Waals surface area (Å²) in [6, 6.07) is 5.44. The summed E-state index contributed by atoms with van der Waals surface area (Å²) in [4.78, 5) is 35.5. The number of nitrogens with zero attached hydrogens (tertiary/aromatic N) is 5. The number of piperidine rings is 1. The van der Waals surface area contributed by atoms with Crippen LogP contribution in [0.25, 0.3) is 22.4 Å². The quantitative estimate of drug-likeness (QED) is 0.219. The molecule has 1 aliphatic rings. The Balaban J connectivity index is 0.00000600. The molecular formula is C33H51ClN6O6S. The minimum Gasteiger partial charge on any atom is -0.493 e. The van der Waals surface area contributed by atoms with Gasteiger partial charge in [-0.05, 0) is 84.4 Å². The second kappa shape index (κ2) is 16.9. The normalized spacial score (nSPS) is 14.7. The van der Waals surface area contributed by atoms with Gasteiger partial charge in [0.15, 0.2) is 5.52 Å². The number of esters is 1. The number of fused-ring (bicyclic) bond motifs is 1. The van der Waals surface area contributed by atoms with Crippen LogP contribution in [-0.2, 0) is 33.0 Å². The van der Waals surface area contributed by atoms with Crippen LogP contribution >= 0.6 is 12.4 Å². The van der Waals surface area contributed by atoms with Gasteiger partial charge in [0.05, 0.1) is 22.8 Å². The van der Waals surface area contributed by atoms with Crippen LogP contribution in [-0.4, -0.2) is 88.3 Å². The van der Waals surface area contributed by atoms with Crippen molar-refractivity contribution in [3.05, 3.63) is 34.2 Å². The van der Waals surface area contributed by atoms with Crippen LogP contribution in [0.15, 0.2) is 27.9 Å². The highest BCUT2D eigenvalue weighted by Gasteiger charge is 2.31. The number of rotatable bonds is 15. The van der Waals surface area contributed by atoms with Crippen LogP contribution in [0, 0.1) is 5.92 Å². The van der Waals surface area contributed by atoms with E-state index in [1.807, 2.05) is 13.8 Å². The first kappa shape index (κ1) is 38.4. The minimum atomic E-state index is -3.83. The van der Waals surface area contributed by atoms with Crippen LogP contribution in [0.1, 0.15) is 79.3 Å². The highest BCUT2D eigenvalue weighted by atomic mass is 35.5. The molecule has 1 aromatic carbocycles. The Morgan fingerprint density at radius 3 is 2.43 bits per heavy atom. The highest BCUT2D eigenvalue weighted by Crippen LogP contribution is 2.33. The molecule has 0 amide bonds. The third kappa shape index (κ3) is 9.13. The molecule has 0 unspecified atom stereocenters. The Hall–Kier alpha value is -3.00. The summed E-state index contributed by atoms with van der Waals surface area (Å²) in [6.07, 6.45) is 3.83. The van der Waals surface area contributed by atoms with Crippen molar-refractivity contribution < 1.29 is 22.7 Å². The van der Waals surface area contributed by atoms with E-state index in [1.54, 1.807) is 13.1 Å². The van der Waals surface area contributed by atoms with E-state index in [9.17, 15) is 18.0 Å². The van der Waals surface area contributed by atoms with Gasteiger partial charge >= 0.3 is 5.97 Å². The van der Waals surface area contributed by atoms with Crippen molar-refractivity contribution in [1.29, 1.82) is 0 Å². The van der Waals surface area contributed by atoms with Crippen LogP contribution in [0.2, 0.25) is 0 Å². The van der Waals surface area contributed by atoms with E-state index in [2.05, 4.69) is 42.7 Å². The molecule has 1 fully saturated rings. The summed E-state index contributed by atoms with van der Waals surface area (Å²) in [7, 11) is -2.12. The van der Waals surface area contributed by atoms with E-state index in [0.717, 1.165) is 6.42 Å². The number of nitrogens with one attached hydrogen (secondary N) is 1. The summed E-state index contributed by atoms with van der Waals surface area (Å²) in [5.74, 6) is 0.699. The molecule has 0 aliphatic carbocycles. The van der Waals surface area contributed by atoms with Crippen LogP contribution in [0.3, 0.4) is 0 Å². The molecule has 0 saturated carbocycles. The molecule has 4 rings (SSSR count). The predicted molar refractivity (Wildman–Crippen MR) is 186 cm³/mol. The lowest BCUT2D eigenvalue weighted by Crippen LogP contribution is -2.39. The third-order valence-corrected chi connectivity index (χ3v) is 10.6. The maximum Gasteiger partial charge on any atom is 0.305 e. The Bertz CT molecular complexity index is 1660. The van der Waals surface area contributed by atoms with Crippen molar-refractivity contribution in [2.45, 2.75) is 97.0 Å². The molecule has 2 aromatic heterocycles. The minimum absolute atomic E-state index is 0. The van der Waals surface area contributed by atoms with Gasteiger partial charge < -0.3 is 14.5 Å². The summed E-state index contributed by atoms with van der Waals surface area (Å²) in [5, 5.41) is 4.48. The molecule has 1 aliphatic heterocycles. The largest absolute Gasteiger partial charge is 0.493 e. The lowest BCUT2D eigenvalue weighted by molar-refractivity contribution is -0.144. The smallest absolute Gasteiger partial charge is 0.305 e. The van der Waals surface area contributed by atoms with Gasteiger partial charge in [-0.2, -0.15) is 9.40 Å². The zero-order valence-corrected chi connectivity index (χ0v) is 30.4. The van der Waals surface area contributed by atoms with E-state index in [4.69, 9.17) is 14.5 Å². The van der Waals surface area contributed by atoms with Crippen molar-refractivity contribution in [2.24, 2.45) is 13.0 Å². The van der Waals surface area contributed by atoms with Gasteiger partial charge in [0.2, 0.25) is 10.0 Å². The van der Waals surface area contributed by atoms with Crippen molar-refractivity contribution in [2.75, 3.05) is 32.8 Å². The van der Waals surface area contributed by atoms with Crippen molar-refractivity contribution in [3.8, 4) is 17.1 Å². The summed E-state index contributed by atoms with van der Waals surface area (Å²) in [5.41, 5.74) is 1.62. The Morgan fingerprint density at radius 2 is 1.81 bits per heavy atom. The SMILES string of the molecule is CCCc1nn(C)c2c(=O)[nH]c(-c3cc(S(=O)(=O)N4CCC(CCC(=O)OCCN(C(C)C)C(C)C)CC4)ccc3OCC)nc12.Cl. The van der Waals surface area contributed by atoms with Crippen LogP contribution in [0.5, 0.6) is 5.75 Å². The van der Waals surface area contributed by atoms with E-state index in [0.29, 0.717) is 105 Å². The molecule has 47 heavy (non-hydrogen) atoms. The molecule has 0 bridgehead atoms. The molecule has 14 heteroatoms. The highest BCUT2D eigenvalue weighted by molar-refractivity contribution is 7.89. The van der Waals surface area contributed by atoms with E-state index >= 15 is 0 Å². The van der Waals surface area contributed by atoms with Crippen molar-refractivity contribution in [1.82, 2.24) is 29.0 Å². The fourth-order valence-corrected chi connectivity index (χ4v) is 7.77. The first-order chi connectivity index (χ1) is 21.9. The van der Waals surface area contributed by atoms with Gasteiger partial charge in [-0.15, -0.1) is 12.4 Å². The Kier molecular flexibility index (Phi) is 13.8. The number of hydrogen-bond donors (Lipinski definition) is 1. The summed E-state index contributed by atoms with van der Waals surface area (Å²) < 4.78 is 42.0. The van der Waals surface area contributed by atoms with Crippen molar-refractivity contribution in [3.63, 3.8) is 0 Å². The lowest BCUT2D eigenvalue weighted by atomic mass is 9.93. The van der Waals surface area contributed by atoms with Gasteiger partial charge in [-0.3, -0.25) is 19.2 Å². The second-order valence-corrected chi connectivity index (χ2v) is 14.5. The number of halogens is 1. The molecule has 0 spiro atoms. The molecule has 1 N–H and O–H groups in total. The number of ether oxygens (including phenoxy) is 2. The van der Waals surface area contributed by atoms with Gasteiger partial charge in [0, 0.05) is 45.2 Å². The number of carbonyl (C=O) groups is 1. The number of hydrogen-bond acceptors (Lipinski definition) is 9. The second-order valence-electron chi connectivity index (χ2n) is 12.6. The average Bonchev–Trinajstić information content (AvgIpc) is 3.33. The molecule has 3 aromatic rings. The first-order valence-electron chi connectivity index (χ1n) is 16.5. The van der Waals surface area contributed by atoms with E-state index in [1.165, 1.54) is 21.1 Å². The fourth-order valence-electron chi connectivity index (χ4n) is 6.27. The van der Waals surface area contributed by atoms with Gasteiger partial charge in [0.25, 0.3) is 5.56 Å². The molecular weight excluding hydrogens is 644 g/mol. The first-order valence-corrected chi connectivity index (χ1v) is 18.0. The predicted octanol–water partition coefficient (Wildman–Crippen LogP) is 4.94. The van der Waals surface area contributed by atoms with Crippen LogP contribution < -0.4 is 10.3 Å². The monoisotopic (exact) mass is 694 g/mol. The molecule has 1 saturated heterocycles. The van der Waals surface area contributed by atoms with E-state index < -0.39 is 10.0 Å². The number of aromatic nitrogens is 4. The zero-order chi connectivity index (χ0) is 33.6. The number of carbonyl (C=O) groups excluding carboxylic acids is 1. The zero-order valence-electron chi connectivity index (χ0n) is 28.7. The van der Waals surface area contributed by atoms with Gasteiger partial charge in [0.1, 0.15) is 23.7 Å². The number of benzene rings is 1. The standard InChI is InChI=1S/C33H50N6O6S.ClH/c1-8-10-27-30-31(37(7)36-27)33(41)35-32(34-30)26-21-25(12-13-28(26)44-9-2)46(42,43)38-17-15-24(16-18-38)11-14-29(40)45-20-19-39(22(3)4)23(5)6;/h12-13,21-24H,8-11,14-20H2,1-7H3,(H,34,35,41);1H. The van der Waals surface area contributed by atoms with Crippen molar-refractivity contribution >= 4 is 39.4 Å². The van der Waals surface area contributed by atoms with Crippen LogP contribution in [0.4, 0.5) is 0 Å². The lowest BCUT2D eigenvalue weighted by Gasteiger charge is -2.31. The van der Waals surface area contributed by atoms with E-state index in [-0.39, 0.29) is 40.6 Å². The molecule has 0 radical (unpaired) electrons. The Labute approximate surface area is 284 Å². The molecule has 12 nitrogen and oxygen atoms in total. The number of H-pyrrole nitrogens is 1. The molecule has 3 heterocycles.